The Hall–Kier alpha value is -2.63. The van der Waals surface area contributed by atoms with Gasteiger partial charge in [-0.05, 0) is 50.5 Å². The maximum Gasteiger partial charge on any atom is 0.329 e. The minimum atomic E-state index is -1.12. The van der Waals surface area contributed by atoms with Gasteiger partial charge in [0.1, 0.15) is 5.54 Å². The van der Waals surface area contributed by atoms with Crippen LogP contribution in [-0.2, 0) is 11.3 Å². The van der Waals surface area contributed by atoms with Crippen molar-refractivity contribution in [3.05, 3.63) is 52.8 Å². The quantitative estimate of drug-likeness (QED) is 0.876. The Labute approximate surface area is 146 Å². The first-order valence-electron chi connectivity index (χ1n) is 8.55. The number of hydrogen-bond donors (Lipinski definition) is 2. The fraction of sp³-hybridized carbons (Fsp3) is 0.421. The summed E-state index contributed by atoms with van der Waals surface area (Å²) >= 11 is 0. The molecule has 0 radical (unpaired) electrons. The Kier molecular flexibility index (Phi) is 4.61. The Morgan fingerprint density at radius 3 is 2.56 bits per heavy atom. The number of carboxylic acids is 1. The number of carboxylic acid groups (broad SMARTS) is 1. The number of amides is 1. The molecule has 0 aliphatic heterocycles. The lowest BCUT2D eigenvalue weighted by atomic mass is 9.97. The van der Waals surface area contributed by atoms with E-state index in [1.165, 1.54) is 0 Å². The van der Waals surface area contributed by atoms with Gasteiger partial charge in [0, 0.05) is 11.3 Å². The maximum atomic E-state index is 12.6. The number of benzene rings is 1. The summed E-state index contributed by atoms with van der Waals surface area (Å²) in [5.74, 6) is -1.28. The molecule has 1 saturated carbocycles. The van der Waals surface area contributed by atoms with E-state index in [0.717, 1.165) is 29.8 Å². The Bertz CT molecular complexity index is 804. The van der Waals surface area contributed by atoms with Gasteiger partial charge in [0.2, 0.25) is 0 Å². The molecule has 1 aliphatic carbocycles. The number of rotatable bonds is 5. The maximum absolute atomic E-state index is 12.6. The molecule has 6 nitrogen and oxygen atoms in total. The highest BCUT2D eigenvalue weighted by Crippen LogP contribution is 2.30. The van der Waals surface area contributed by atoms with Crippen LogP contribution in [0.25, 0.3) is 0 Å². The van der Waals surface area contributed by atoms with Crippen LogP contribution < -0.4 is 5.32 Å². The molecule has 0 bridgehead atoms. The molecule has 25 heavy (non-hydrogen) atoms. The largest absolute Gasteiger partial charge is 0.480 e. The number of carbonyl (C=O) groups excluding carboxylic acids is 1. The van der Waals surface area contributed by atoms with Crippen molar-refractivity contribution in [3.8, 4) is 0 Å². The van der Waals surface area contributed by atoms with Crippen LogP contribution in [0.2, 0.25) is 0 Å². The molecule has 3 rings (SSSR count). The first kappa shape index (κ1) is 17.2. The zero-order chi connectivity index (χ0) is 18.0. The second kappa shape index (κ2) is 6.70. The second-order valence-electron chi connectivity index (χ2n) is 6.83. The smallest absolute Gasteiger partial charge is 0.329 e. The van der Waals surface area contributed by atoms with Gasteiger partial charge in [-0.25, -0.2) is 4.79 Å². The summed E-state index contributed by atoms with van der Waals surface area (Å²) in [6.07, 6.45) is 2.62. The highest BCUT2D eigenvalue weighted by atomic mass is 16.4. The molecule has 1 aromatic carbocycles. The topological polar surface area (TPSA) is 84.2 Å². The summed E-state index contributed by atoms with van der Waals surface area (Å²) in [7, 11) is 0. The summed E-state index contributed by atoms with van der Waals surface area (Å²) in [5, 5.41) is 16.7. The minimum absolute atomic E-state index is 0.334. The Morgan fingerprint density at radius 2 is 1.96 bits per heavy atom. The van der Waals surface area contributed by atoms with Crippen molar-refractivity contribution in [1.82, 2.24) is 15.1 Å². The molecular weight excluding hydrogens is 318 g/mol. The van der Waals surface area contributed by atoms with E-state index in [1.807, 2.05) is 36.7 Å². The van der Waals surface area contributed by atoms with Crippen LogP contribution in [0.3, 0.4) is 0 Å². The SMILES string of the molecule is Cc1cc(C)n(Cc2cccc(C(=O)NC3(C(=O)O)CCCC3)c2)n1. The first-order chi connectivity index (χ1) is 11.9. The van der Waals surface area contributed by atoms with Gasteiger partial charge >= 0.3 is 5.97 Å². The Balaban J connectivity index is 1.77. The van der Waals surface area contributed by atoms with Crippen molar-refractivity contribution < 1.29 is 14.7 Å². The lowest BCUT2D eigenvalue weighted by Gasteiger charge is -2.25. The monoisotopic (exact) mass is 341 g/mol. The van der Waals surface area contributed by atoms with Crippen LogP contribution in [-0.4, -0.2) is 32.3 Å². The minimum Gasteiger partial charge on any atom is -0.480 e. The number of carbonyl (C=O) groups is 2. The van der Waals surface area contributed by atoms with Crippen molar-refractivity contribution in [2.24, 2.45) is 0 Å². The van der Waals surface area contributed by atoms with Gasteiger partial charge in [0.05, 0.1) is 12.2 Å². The van der Waals surface area contributed by atoms with Crippen LogP contribution in [0, 0.1) is 13.8 Å². The molecule has 1 fully saturated rings. The van der Waals surface area contributed by atoms with E-state index in [0.29, 0.717) is 24.9 Å². The van der Waals surface area contributed by atoms with E-state index < -0.39 is 11.5 Å². The number of aromatic nitrogens is 2. The van der Waals surface area contributed by atoms with Gasteiger partial charge in [0.25, 0.3) is 5.91 Å². The third kappa shape index (κ3) is 3.57. The van der Waals surface area contributed by atoms with Crippen LogP contribution in [0.5, 0.6) is 0 Å². The van der Waals surface area contributed by atoms with E-state index >= 15 is 0 Å². The number of hydrogen-bond acceptors (Lipinski definition) is 3. The molecule has 132 valence electrons. The number of aryl methyl sites for hydroxylation is 2. The first-order valence-corrected chi connectivity index (χ1v) is 8.55. The van der Waals surface area contributed by atoms with E-state index in [2.05, 4.69) is 10.4 Å². The molecule has 0 saturated heterocycles. The molecule has 6 heteroatoms. The van der Waals surface area contributed by atoms with E-state index in [1.54, 1.807) is 12.1 Å². The van der Waals surface area contributed by atoms with Crippen molar-refractivity contribution in [1.29, 1.82) is 0 Å². The van der Waals surface area contributed by atoms with Gasteiger partial charge in [0.15, 0.2) is 0 Å². The normalized spacial score (nSPS) is 15.9. The van der Waals surface area contributed by atoms with Crippen molar-refractivity contribution >= 4 is 11.9 Å². The second-order valence-corrected chi connectivity index (χ2v) is 6.83. The van der Waals surface area contributed by atoms with Gasteiger partial charge in [-0.1, -0.05) is 25.0 Å². The summed E-state index contributed by atoms with van der Waals surface area (Å²) < 4.78 is 1.89. The molecule has 0 spiro atoms. The zero-order valence-electron chi connectivity index (χ0n) is 14.6. The highest BCUT2D eigenvalue weighted by molar-refractivity contribution is 5.98. The van der Waals surface area contributed by atoms with Crippen molar-refractivity contribution in [3.63, 3.8) is 0 Å². The van der Waals surface area contributed by atoms with Crippen molar-refractivity contribution in [2.75, 3.05) is 0 Å². The number of nitrogens with zero attached hydrogens (tertiary/aromatic N) is 2. The molecule has 1 aromatic heterocycles. The predicted octanol–water partition coefficient (Wildman–Crippen LogP) is 2.68. The summed E-state index contributed by atoms with van der Waals surface area (Å²) in [5.41, 5.74) is 2.32. The van der Waals surface area contributed by atoms with Gasteiger partial charge in [-0.3, -0.25) is 9.48 Å². The fourth-order valence-electron chi connectivity index (χ4n) is 3.48. The lowest BCUT2D eigenvalue weighted by molar-refractivity contribution is -0.144. The molecule has 1 amide bonds. The summed E-state index contributed by atoms with van der Waals surface area (Å²) in [6, 6.07) is 9.28. The van der Waals surface area contributed by atoms with Gasteiger partial charge < -0.3 is 10.4 Å². The van der Waals surface area contributed by atoms with Crippen LogP contribution in [0.15, 0.2) is 30.3 Å². The van der Waals surface area contributed by atoms with E-state index in [-0.39, 0.29) is 5.91 Å². The molecule has 2 aromatic rings. The van der Waals surface area contributed by atoms with E-state index in [9.17, 15) is 14.7 Å². The lowest BCUT2D eigenvalue weighted by Crippen LogP contribution is -2.52. The number of nitrogens with one attached hydrogen (secondary N) is 1. The molecule has 2 N–H and O–H groups in total. The summed E-state index contributed by atoms with van der Waals surface area (Å²) in [4.78, 5) is 24.2. The fourth-order valence-corrected chi connectivity index (χ4v) is 3.48. The molecular formula is C19H23N3O3. The standard InChI is InChI=1S/C19H23N3O3/c1-13-10-14(2)22(21-13)12-15-6-5-7-16(11-15)17(23)20-19(18(24)25)8-3-4-9-19/h5-7,10-11H,3-4,8-9,12H2,1-2H3,(H,20,23)(H,24,25). The average Bonchev–Trinajstić information content (AvgIpc) is 3.15. The van der Waals surface area contributed by atoms with E-state index in [4.69, 9.17) is 0 Å². The van der Waals surface area contributed by atoms with Gasteiger partial charge in [-0.2, -0.15) is 5.10 Å². The zero-order valence-corrected chi connectivity index (χ0v) is 14.6. The predicted molar refractivity (Wildman–Crippen MR) is 93.5 cm³/mol. The molecule has 0 unspecified atom stereocenters. The van der Waals surface area contributed by atoms with Crippen LogP contribution in [0.1, 0.15) is 53.0 Å². The van der Waals surface area contributed by atoms with Crippen molar-refractivity contribution in [2.45, 2.75) is 51.6 Å². The number of aliphatic carboxylic acids is 1. The van der Waals surface area contributed by atoms with Crippen LogP contribution in [0.4, 0.5) is 0 Å². The third-order valence-corrected chi connectivity index (χ3v) is 4.84. The Morgan fingerprint density at radius 1 is 1.24 bits per heavy atom. The molecule has 1 heterocycles. The van der Waals surface area contributed by atoms with Crippen LogP contribution >= 0.6 is 0 Å². The summed E-state index contributed by atoms with van der Waals surface area (Å²) in [6.45, 7) is 4.51. The molecule has 0 atom stereocenters. The molecule has 1 aliphatic rings. The van der Waals surface area contributed by atoms with Gasteiger partial charge in [-0.15, -0.1) is 0 Å². The highest BCUT2D eigenvalue weighted by Gasteiger charge is 2.42. The third-order valence-electron chi connectivity index (χ3n) is 4.84. The average molecular weight is 341 g/mol.